The third-order valence-electron chi connectivity index (χ3n) is 6.72. The summed E-state index contributed by atoms with van der Waals surface area (Å²) in [6.07, 6.45) is 9.03. The van der Waals surface area contributed by atoms with Crippen molar-refractivity contribution in [2.75, 3.05) is 30.5 Å². The van der Waals surface area contributed by atoms with Gasteiger partial charge >= 0.3 is 6.03 Å². The zero-order valence-electron chi connectivity index (χ0n) is 22.1. The number of carbonyl (C=O) groups excluding carboxylic acids is 1. The van der Waals surface area contributed by atoms with Crippen molar-refractivity contribution in [1.29, 1.82) is 0 Å². The number of fused-ring (bicyclic) bond motifs is 1. The standard InChI is InChI=1S/C29H33ClN6O4/c30-24-18-22(33-28-27-25(31-19-32-28)11-12-36(27)13-15-39-16-14-37)9-10-26(24)40-23-8-4-7-21(17-23)35-29(38)34-20-5-2-1-3-6-20/h4,7-12,17-20,37H,1-3,5-6,13-16H2,(H,31,32,33)(H2,34,35,38). The van der Waals surface area contributed by atoms with Gasteiger partial charge in [0.2, 0.25) is 0 Å². The molecule has 40 heavy (non-hydrogen) atoms. The topological polar surface area (TPSA) is 123 Å². The molecule has 4 N–H and O–H groups in total. The van der Waals surface area contributed by atoms with Crippen molar-refractivity contribution >= 4 is 45.9 Å². The summed E-state index contributed by atoms with van der Waals surface area (Å²) in [5, 5.41) is 18.6. The van der Waals surface area contributed by atoms with Crippen LogP contribution in [0.3, 0.4) is 0 Å². The Hall–Kier alpha value is -3.86. The van der Waals surface area contributed by atoms with Crippen LogP contribution in [0.15, 0.2) is 61.1 Å². The van der Waals surface area contributed by atoms with Crippen molar-refractivity contribution in [3.05, 3.63) is 66.1 Å². The van der Waals surface area contributed by atoms with Crippen molar-refractivity contribution in [3.63, 3.8) is 0 Å². The Labute approximate surface area is 237 Å². The number of aromatic nitrogens is 3. The van der Waals surface area contributed by atoms with E-state index in [1.807, 2.05) is 41.1 Å². The van der Waals surface area contributed by atoms with E-state index >= 15 is 0 Å². The Morgan fingerprint density at radius 2 is 1.93 bits per heavy atom. The summed E-state index contributed by atoms with van der Waals surface area (Å²) in [5.74, 6) is 1.66. The van der Waals surface area contributed by atoms with E-state index in [1.165, 1.54) is 12.7 Å². The molecular weight excluding hydrogens is 532 g/mol. The molecule has 5 rings (SSSR count). The Bertz CT molecular complexity index is 1440. The van der Waals surface area contributed by atoms with Crippen LogP contribution in [-0.2, 0) is 11.3 Å². The van der Waals surface area contributed by atoms with Crippen LogP contribution >= 0.6 is 11.6 Å². The molecule has 2 heterocycles. The van der Waals surface area contributed by atoms with Crippen molar-refractivity contribution in [1.82, 2.24) is 19.9 Å². The second-order valence-electron chi connectivity index (χ2n) is 9.63. The molecule has 0 saturated heterocycles. The predicted molar refractivity (Wildman–Crippen MR) is 156 cm³/mol. The van der Waals surface area contributed by atoms with Gasteiger partial charge in [-0.25, -0.2) is 14.8 Å². The quantitative estimate of drug-likeness (QED) is 0.163. The number of nitrogens with zero attached hydrogens (tertiary/aromatic N) is 3. The summed E-state index contributed by atoms with van der Waals surface area (Å²) in [4.78, 5) is 21.2. The number of hydrogen-bond donors (Lipinski definition) is 4. The van der Waals surface area contributed by atoms with E-state index in [4.69, 9.17) is 26.2 Å². The first-order valence-corrected chi connectivity index (χ1v) is 13.9. The minimum atomic E-state index is -0.208. The van der Waals surface area contributed by atoms with Gasteiger partial charge in [0.15, 0.2) is 5.82 Å². The van der Waals surface area contributed by atoms with E-state index in [2.05, 4.69) is 25.9 Å². The zero-order chi connectivity index (χ0) is 27.7. The lowest BCUT2D eigenvalue weighted by Crippen LogP contribution is -2.38. The summed E-state index contributed by atoms with van der Waals surface area (Å²) < 4.78 is 13.5. The number of amides is 2. The molecule has 1 fully saturated rings. The van der Waals surface area contributed by atoms with Crippen LogP contribution in [0.25, 0.3) is 11.0 Å². The van der Waals surface area contributed by atoms with Crippen LogP contribution in [0.5, 0.6) is 11.5 Å². The summed E-state index contributed by atoms with van der Waals surface area (Å²) in [6.45, 7) is 1.33. The van der Waals surface area contributed by atoms with Gasteiger partial charge in [0.05, 0.1) is 30.4 Å². The molecule has 2 amide bonds. The molecule has 1 aliphatic rings. The van der Waals surface area contributed by atoms with E-state index < -0.39 is 0 Å². The molecule has 2 aromatic carbocycles. The van der Waals surface area contributed by atoms with Gasteiger partial charge in [0, 0.05) is 36.2 Å². The maximum absolute atomic E-state index is 12.4. The number of anilines is 3. The number of hydrogen-bond acceptors (Lipinski definition) is 7. The number of carbonyl (C=O) groups is 1. The number of urea groups is 1. The molecule has 0 unspecified atom stereocenters. The molecule has 11 heteroatoms. The Morgan fingerprint density at radius 1 is 1.05 bits per heavy atom. The van der Waals surface area contributed by atoms with Gasteiger partial charge in [-0.2, -0.15) is 0 Å². The molecule has 0 spiro atoms. The lowest BCUT2D eigenvalue weighted by Gasteiger charge is -2.22. The maximum Gasteiger partial charge on any atom is 0.319 e. The first kappa shape index (κ1) is 27.7. The fourth-order valence-corrected chi connectivity index (χ4v) is 5.02. The number of halogens is 1. The third kappa shape index (κ3) is 7.20. The summed E-state index contributed by atoms with van der Waals surface area (Å²) in [7, 11) is 0. The lowest BCUT2D eigenvalue weighted by molar-refractivity contribution is 0.0875. The molecule has 0 bridgehead atoms. The molecular formula is C29H33ClN6O4. The molecule has 0 atom stereocenters. The smallest absolute Gasteiger partial charge is 0.319 e. The third-order valence-corrected chi connectivity index (χ3v) is 7.01. The van der Waals surface area contributed by atoms with Gasteiger partial charge in [-0.3, -0.25) is 0 Å². The number of ether oxygens (including phenoxy) is 2. The van der Waals surface area contributed by atoms with Gasteiger partial charge in [-0.05, 0) is 49.2 Å². The highest BCUT2D eigenvalue weighted by atomic mass is 35.5. The first-order chi connectivity index (χ1) is 19.6. The molecule has 0 radical (unpaired) electrons. The van der Waals surface area contributed by atoms with Gasteiger partial charge in [-0.15, -0.1) is 0 Å². The second-order valence-corrected chi connectivity index (χ2v) is 10.0. The summed E-state index contributed by atoms with van der Waals surface area (Å²) >= 11 is 6.59. The van der Waals surface area contributed by atoms with E-state index in [1.54, 1.807) is 18.2 Å². The molecule has 1 aliphatic carbocycles. The van der Waals surface area contributed by atoms with Crippen molar-refractivity contribution < 1.29 is 19.4 Å². The van der Waals surface area contributed by atoms with E-state index in [0.717, 1.165) is 42.4 Å². The highest BCUT2D eigenvalue weighted by Crippen LogP contribution is 2.34. The maximum atomic E-state index is 12.4. The zero-order valence-corrected chi connectivity index (χ0v) is 22.9. The highest BCUT2D eigenvalue weighted by molar-refractivity contribution is 6.32. The second kappa shape index (κ2) is 13.5. The summed E-state index contributed by atoms with van der Waals surface area (Å²) in [5.41, 5.74) is 3.00. The van der Waals surface area contributed by atoms with Gasteiger partial charge in [0.25, 0.3) is 0 Å². The van der Waals surface area contributed by atoms with Crippen molar-refractivity contribution in [2.45, 2.75) is 44.7 Å². The van der Waals surface area contributed by atoms with Crippen LogP contribution in [0.1, 0.15) is 32.1 Å². The molecule has 10 nitrogen and oxygen atoms in total. The number of aliphatic hydroxyl groups excluding tert-OH is 1. The van der Waals surface area contributed by atoms with Crippen LogP contribution in [0.4, 0.5) is 22.0 Å². The molecule has 1 saturated carbocycles. The first-order valence-electron chi connectivity index (χ1n) is 13.5. The lowest BCUT2D eigenvalue weighted by atomic mass is 9.96. The minimum absolute atomic E-state index is 0.0112. The monoisotopic (exact) mass is 564 g/mol. The number of nitrogens with one attached hydrogen (secondary N) is 3. The van der Waals surface area contributed by atoms with Crippen LogP contribution in [0.2, 0.25) is 5.02 Å². The van der Waals surface area contributed by atoms with Gasteiger partial charge < -0.3 is 35.1 Å². The van der Waals surface area contributed by atoms with E-state index in [-0.39, 0.29) is 18.7 Å². The Morgan fingerprint density at radius 3 is 2.75 bits per heavy atom. The van der Waals surface area contributed by atoms with Gasteiger partial charge in [0.1, 0.15) is 23.3 Å². The number of aliphatic hydroxyl groups is 1. The largest absolute Gasteiger partial charge is 0.456 e. The minimum Gasteiger partial charge on any atom is -0.456 e. The highest BCUT2D eigenvalue weighted by Gasteiger charge is 2.16. The molecule has 4 aromatic rings. The fraction of sp³-hybridized carbons (Fsp3) is 0.345. The van der Waals surface area contributed by atoms with Crippen molar-refractivity contribution in [3.8, 4) is 11.5 Å². The summed E-state index contributed by atoms with van der Waals surface area (Å²) in [6, 6.07) is 14.5. The predicted octanol–water partition coefficient (Wildman–Crippen LogP) is 6.08. The Balaban J connectivity index is 1.23. The number of benzene rings is 2. The normalized spacial score (nSPS) is 13.8. The van der Waals surface area contributed by atoms with Crippen LogP contribution < -0.4 is 20.7 Å². The van der Waals surface area contributed by atoms with Crippen LogP contribution in [-0.4, -0.2) is 51.5 Å². The molecule has 2 aromatic heterocycles. The molecule has 0 aliphatic heterocycles. The SMILES string of the molecule is O=C(Nc1cccc(Oc2ccc(Nc3ncnc4ccn(CCOCCO)c34)cc2Cl)c1)NC1CCCCC1. The van der Waals surface area contributed by atoms with E-state index in [9.17, 15) is 4.79 Å². The van der Waals surface area contributed by atoms with Crippen molar-refractivity contribution in [2.24, 2.45) is 0 Å². The van der Waals surface area contributed by atoms with Crippen LogP contribution in [0, 0.1) is 0 Å². The van der Waals surface area contributed by atoms with Gasteiger partial charge in [-0.1, -0.05) is 36.9 Å². The fourth-order valence-electron chi connectivity index (χ4n) is 4.80. The average Bonchev–Trinajstić information content (AvgIpc) is 3.37. The average molecular weight is 565 g/mol. The van der Waals surface area contributed by atoms with E-state index in [0.29, 0.717) is 47.8 Å². The Kier molecular flexibility index (Phi) is 9.33. The molecule has 210 valence electrons. The number of rotatable bonds is 11.